The molecular formula is C11H9BrF2N2O2S. The van der Waals surface area contributed by atoms with Crippen LogP contribution in [0.1, 0.15) is 5.56 Å². The second-order valence-electron chi connectivity index (χ2n) is 3.79. The molecule has 2 rings (SSSR count). The zero-order valence-electron chi connectivity index (χ0n) is 9.50. The van der Waals surface area contributed by atoms with Gasteiger partial charge in [-0.25, -0.2) is 8.42 Å². The largest absolute Gasteiger partial charge is 0.341 e. The van der Waals surface area contributed by atoms with Gasteiger partial charge < -0.3 is 0 Å². The first-order chi connectivity index (χ1) is 8.89. The smallest absolute Gasteiger partial charge is 0.267 e. The maximum absolute atomic E-state index is 12.3. The summed E-state index contributed by atoms with van der Waals surface area (Å²) in [5.41, 5.74) is 0.767. The van der Waals surface area contributed by atoms with E-state index in [1.54, 1.807) is 16.9 Å². The SMILES string of the molecule is O=S(=O)(c1ccc(Cn2ccc(Br)n2)cc1)C(F)F. The fourth-order valence-corrected chi connectivity index (χ4v) is 2.54. The molecule has 0 saturated heterocycles. The Morgan fingerprint density at radius 3 is 2.32 bits per heavy atom. The van der Waals surface area contributed by atoms with Crippen LogP contribution >= 0.6 is 15.9 Å². The Balaban J connectivity index is 2.19. The Kier molecular flexibility index (Phi) is 4.00. The minimum Gasteiger partial charge on any atom is -0.267 e. The van der Waals surface area contributed by atoms with E-state index >= 15 is 0 Å². The van der Waals surface area contributed by atoms with E-state index in [0.29, 0.717) is 11.1 Å². The van der Waals surface area contributed by atoms with Crippen LogP contribution in [0.2, 0.25) is 0 Å². The van der Waals surface area contributed by atoms with E-state index in [0.717, 1.165) is 5.56 Å². The number of nitrogens with zero attached hydrogens (tertiary/aromatic N) is 2. The van der Waals surface area contributed by atoms with E-state index < -0.39 is 15.6 Å². The minimum absolute atomic E-state index is 0.382. The van der Waals surface area contributed by atoms with E-state index in [4.69, 9.17) is 0 Å². The fourth-order valence-electron chi connectivity index (χ4n) is 1.50. The molecule has 19 heavy (non-hydrogen) atoms. The van der Waals surface area contributed by atoms with Gasteiger partial charge in [-0.1, -0.05) is 12.1 Å². The first-order valence-electron chi connectivity index (χ1n) is 5.19. The lowest BCUT2D eigenvalue weighted by molar-refractivity contribution is 0.234. The molecule has 1 aromatic heterocycles. The molecule has 0 N–H and O–H groups in total. The van der Waals surface area contributed by atoms with Crippen LogP contribution in [0.4, 0.5) is 8.78 Å². The predicted molar refractivity (Wildman–Crippen MR) is 68.7 cm³/mol. The normalized spacial score (nSPS) is 12.0. The number of rotatable bonds is 4. The number of benzene rings is 1. The summed E-state index contributed by atoms with van der Waals surface area (Å²) in [6.07, 6.45) is 1.74. The Hall–Kier alpha value is -1.28. The van der Waals surface area contributed by atoms with Crippen molar-refractivity contribution in [2.24, 2.45) is 0 Å². The van der Waals surface area contributed by atoms with Gasteiger partial charge in [0.1, 0.15) is 4.60 Å². The monoisotopic (exact) mass is 350 g/mol. The van der Waals surface area contributed by atoms with E-state index in [1.165, 1.54) is 24.3 Å². The summed E-state index contributed by atoms with van der Waals surface area (Å²) >= 11 is 3.20. The van der Waals surface area contributed by atoms with Crippen molar-refractivity contribution in [1.29, 1.82) is 0 Å². The minimum atomic E-state index is -4.53. The first kappa shape index (κ1) is 14.1. The molecule has 0 radical (unpaired) electrons. The van der Waals surface area contributed by atoms with Crippen molar-refractivity contribution < 1.29 is 17.2 Å². The van der Waals surface area contributed by atoms with Gasteiger partial charge in [-0.3, -0.25) is 4.68 Å². The third kappa shape index (κ3) is 3.19. The van der Waals surface area contributed by atoms with Crippen LogP contribution in [0, 0.1) is 0 Å². The molecule has 2 aromatic rings. The van der Waals surface area contributed by atoms with Gasteiger partial charge >= 0.3 is 5.76 Å². The van der Waals surface area contributed by atoms with E-state index in [1.807, 2.05) is 0 Å². The molecule has 4 nitrogen and oxygen atoms in total. The van der Waals surface area contributed by atoms with Gasteiger partial charge in [0.15, 0.2) is 0 Å². The van der Waals surface area contributed by atoms with E-state index in [-0.39, 0.29) is 4.90 Å². The van der Waals surface area contributed by atoms with Gasteiger partial charge in [0.25, 0.3) is 0 Å². The molecule has 8 heteroatoms. The number of sulfone groups is 1. The highest BCUT2D eigenvalue weighted by molar-refractivity contribution is 9.10. The highest BCUT2D eigenvalue weighted by Gasteiger charge is 2.26. The summed E-state index contributed by atoms with van der Waals surface area (Å²) in [5, 5.41) is 4.10. The lowest BCUT2D eigenvalue weighted by Gasteiger charge is -2.05. The van der Waals surface area contributed by atoms with Gasteiger partial charge in [-0.15, -0.1) is 0 Å². The Bertz CT molecular complexity index is 668. The molecule has 0 bridgehead atoms. The second-order valence-corrected chi connectivity index (χ2v) is 6.52. The van der Waals surface area contributed by atoms with Crippen molar-refractivity contribution in [3.8, 4) is 0 Å². The average molecular weight is 351 g/mol. The van der Waals surface area contributed by atoms with Crippen molar-refractivity contribution in [3.63, 3.8) is 0 Å². The summed E-state index contributed by atoms with van der Waals surface area (Å²) in [6.45, 7) is 0.431. The van der Waals surface area contributed by atoms with Crippen molar-refractivity contribution in [1.82, 2.24) is 9.78 Å². The topological polar surface area (TPSA) is 52.0 Å². The molecule has 0 spiro atoms. The van der Waals surface area contributed by atoms with Crippen LogP contribution in [-0.4, -0.2) is 24.0 Å². The fraction of sp³-hybridized carbons (Fsp3) is 0.182. The zero-order chi connectivity index (χ0) is 14.0. The Morgan fingerprint density at radius 2 is 1.84 bits per heavy atom. The lowest BCUT2D eigenvalue weighted by atomic mass is 10.2. The number of hydrogen-bond donors (Lipinski definition) is 0. The van der Waals surface area contributed by atoms with Crippen molar-refractivity contribution in [2.75, 3.05) is 0 Å². The predicted octanol–water partition coefficient (Wildman–Crippen LogP) is 2.69. The van der Waals surface area contributed by atoms with Crippen molar-refractivity contribution >= 4 is 25.8 Å². The molecule has 102 valence electrons. The molecule has 0 fully saturated rings. The molecule has 0 saturated carbocycles. The number of halogens is 3. The van der Waals surface area contributed by atoms with Crippen LogP contribution in [0.3, 0.4) is 0 Å². The molecule has 0 aliphatic rings. The molecule has 0 atom stereocenters. The summed E-state index contributed by atoms with van der Waals surface area (Å²) in [7, 11) is -4.53. The van der Waals surface area contributed by atoms with Gasteiger partial charge in [0.2, 0.25) is 9.84 Å². The van der Waals surface area contributed by atoms with Crippen molar-refractivity contribution in [3.05, 3.63) is 46.7 Å². The quantitative estimate of drug-likeness (QED) is 0.851. The maximum atomic E-state index is 12.3. The van der Waals surface area contributed by atoms with Crippen LogP contribution in [0.5, 0.6) is 0 Å². The molecular weight excluding hydrogens is 342 g/mol. The summed E-state index contributed by atoms with van der Waals surface area (Å²) in [6, 6.07) is 7.09. The molecule has 0 unspecified atom stereocenters. The van der Waals surface area contributed by atoms with E-state index in [2.05, 4.69) is 21.0 Å². The molecule has 0 amide bonds. The van der Waals surface area contributed by atoms with Gasteiger partial charge in [0, 0.05) is 6.20 Å². The van der Waals surface area contributed by atoms with Crippen LogP contribution < -0.4 is 0 Å². The van der Waals surface area contributed by atoms with Gasteiger partial charge in [-0.05, 0) is 39.7 Å². The highest BCUT2D eigenvalue weighted by atomic mass is 79.9. The molecule has 0 aliphatic carbocycles. The Labute approximate surface area is 117 Å². The van der Waals surface area contributed by atoms with Crippen LogP contribution in [0.25, 0.3) is 0 Å². The lowest BCUT2D eigenvalue weighted by Crippen LogP contribution is -2.11. The van der Waals surface area contributed by atoms with Crippen LogP contribution in [-0.2, 0) is 16.4 Å². The van der Waals surface area contributed by atoms with Gasteiger partial charge in [0.05, 0.1) is 11.4 Å². The summed E-state index contributed by atoms with van der Waals surface area (Å²) in [5.74, 6) is -3.40. The van der Waals surface area contributed by atoms with Crippen molar-refractivity contribution in [2.45, 2.75) is 17.2 Å². The standard InChI is InChI=1S/C11H9BrF2N2O2S/c12-10-5-6-16(15-10)7-8-1-3-9(4-2-8)19(17,18)11(13)14/h1-6,11H,7H2. The Morgan fingerprint density at radius 1 is 1.21 bits per heavy atom. The second kappa shape index (κ2) is 5.38. The number of alkyl halides is 2. The molecule has 1 heterocycles. The van der Waals surface area contributed by atoms with E-state index in [9.17, 15) is 17.2 Å². The summed E-state index contributed by atoms with van der Waals surface area (Å²) in [4.78, 5) is -0.382. The van der Waals surface area contributed by atoms with Gasteiger partial charge in [-0.2, -0.15) is 13.9 Å². The first-order valence-corrected chi connectivity index (χ1v) is 7.53. The average Bonchev–Trinajstić information content (AvgIpc) is 2.75. The number of aromatic nitrogens is 2. The zero-order valence-corrected chi connectivity index (χ0v) is 11.9. The third-order valence-corrected chi connectivity index (χ3v) is 4.26. The highest BCUT2D eigenvalue weighted by Crippen LogP contribution is 2.19. The van der Waals surface area contributed by atoms with Crippen LogP contribution in [0.15, 0.2) is 46.0 Å². The maximum Gasteiger partial charge on any atom is 0.341 e. The molecule has 1 aromatic carbocycles. The summed E-state index contributed by atoms with van der Waals surface area (Å²) < 4.78 is 49.5. The number of hydrogen-bond acceptors (Lipinski definition) is 3. The molecule has 0 aliphatic heterocycles. The third-order valence-electron chi connectivity index (χ3n) is 2.44.